The average molecular weight is 298 g/mol. The molecule has 0 spiro atoms. The predicted octanol–water partition coefficient (Wildman–Crippen LogP) is 2.72. The molecule has 2 rings (SSSR count). The number of hydrogen-bond acceptors (Lipinski definition) is 4. The molecule has 0 saturated heterocycles. The van der Waals surface area contributed by atoms with Crippen LogP contribution in [0.2, 0.25) is 5.15 Å². The number of pyridine rings is 1. The number of ether oxygens (including phenoxy) is 1. The Labute approximate surface area is 116 Å². The summed E-state index contributed by atoms with van der Waals surface area (Å²) < 4.78 is 28.4. The molecule has 19 heavy (non-hydrogen) atoms. The van der Waals surface area contributed by atoms with Gasteiger partial charge in [-0.1, -0.05) is 23.7 Å². The van der Waals surface area contributed by atoms with Crippen LogP contribution in [0, 0.1) is 0 Å². The highest BCUT2D eigenvalue weighted by molar-refractivity contribution is 7.90. The molecule has 0 amide bonds. The maximum Gasteiger partial charge on any atom is 0.175 e. The van der Waals surface area contributed by atoms with E-state index >= 15 is 0 Å². The molecule has 0 unspecified atom stereocenters. The molecule has 4 nitrogen and oxygen atoms in total. The van der Waals surface area contributed by atoms with Gasteiger partial charge in [-0.25, -0.2) is 13.4 Å². The number of rotatable bonds is 4. The van der Waals surface area contributed by atoms with Crippen molar-refractivity contribution in [3.8, 4) is 5.75 Å². The van der Waals surface area contributed by atoms with Crippen molar-refractivity contribution >= 4 is 21.4 Å². The molecule has 0 saturated carbocycles. The van der Waals surface area contributed by atoms with E-state index < -0.39 is 9.84 Å². The summed E-state index contributed by atoms with van der Waals surface area (Å²) in [7, 11) is -3.22. The Morgan fingerprint density at radius 1 is 1.26 bits per heavy atom. The number of nitrogens with zero attached hydrogens (tertiary/aromatic N) is 1. The summed E-state index contributed by atoms with van der Waals surface area (Å²) in [5, 5.41) is 0.419. The van der Waals surface area contributed by atoms with Crippen molar-refractivity contribution in [1.29, 1.82) is 0 Å². The van der Waals surface area contributed by atoms with Crippen molar-refractivity contribution in [1.82, 2.24) is 4.98 Å². The molecule has 0 fully saturated rings. The molecule has 100 valence electrons. The molecule has 0 atom stereocenters. The van der Waals surface area contributed by atoms with Gasteiger partial charge in [0.05, 0.1) is 4.90 Å². The number of halogens is 1. The minimum Gasteiger partial charge on any atom is -0.489 e. The first-order valence-corrected chi connectivity index (χ1v) is 7.75. The van der Waals surface area contributed by atoms with Gasteiger partial charge in [-0.3, -0.25) is 0 Å². The monoisotopic (exact) mass is 297 g/mol. The van der Waals surface area contributed by atoms with E-state index in [9.17, 15) is 8.42 Å². The van der Waals surface area contributed by atoms with Gasteiger partial charge >= 0.3 is 0 Å². The molecular weight excluding hydrogens is 286 g/mol. The smallest absolute Gasteiger partial charge is 0.175 e. The van der Waals surface area contributed by atoms with Gasteiger partial charge in [0, 0.05) is 18.0 Å². The lowest BCUT2D eigenvalue weighted by atomic mass is 10.3. The largest absolute Gasteiger partial charge is 0.489 e. The molecule has 0 bridgehead atoms. The number of benzene rings is 1. The van der Waals surface area contributed by atoms with Crippen LogP contribution in [0.5, 0.6) is 5.75 Å². The third kappa shape index (κ3) is 3.94. The van der Waals surface area contributed by atoms with E-state index in [1.54, 1.807) is 30.5 Å². The van der Waals surface area contributed by atoms with E-state index in [2.05, 4.69) is 4.98 Å². The van der Waals surface area contributed by atoms with Crippen molar-refractivity contribution in [3.05, 3.63) is 53.3 Å². The molecule has 2 aromatic rings. The average Bonchev–Trinajstić information content (AvgIpc) is 2.37. The van der Waals surface area contributed by atoms with Gasteiger partial charge in [-0.15, -0.1) is 0 Å². The van der Waals surface area contributed by atoms with E-state index in [0.717, 1.165) is 11.8 Å². The van der Waals surface area contributed by atoms with Crippen molar-refractivity contribution in [2.24, 2.45) is 0 Å². The van der Waals surface area contributed by atoms with Crippen LogP contribution in [0.1, 0.15) is 5.56 Å². The topological polar surface area (TPSA) is 56.3 Å². The fraction of sp³-hybridized carbons (Fsp3) is 0.154. The zero-order valence-corrected chi connectivity index (χ0v) is 11.8. The minimum absolute atomic E-state index is 0.235. The van der Waals surface area contributed by atoms with Gasteiger partial charge in [0.2, 0.25) is 0 Å². The van der Waals surface area contributed by atoms with Crippen LogP contribution in [0.4, 0.5) is 0 Å². The normalized spacial score (nSPS) is 11.3. The zero-order valence-electron chi connectivity index (χ0n) is 10.2. The van der Waals surface area contributed by atoms with E-state index in [-0.39, 0.29) is 4.90 Å². The van der Waals surface area contributed by atoms with Crippen molar-refractivity contribution in [2.45, 2.75) is 11.5 Å². The van der Waals surface area contributed by atoms with Gasteiger partial charge in [0.25, 0.3) is 0 Å². The van der Waals surface area contributed by atoms with E-state index in [0.29, 0.717) is 17.5 Å². The Morgan fingerprint density at radius 3 is 2.68 bits per heavy atom. The zero-order chi connectivity index (χ0) is 13.9. The van der Waals surface area contributed by atoms with Crippen LogP contribution in [0.25, 0.3) is 0 Å². The SMILES string of the molecule is CS(=O)(=O)c1cccc(OCc2ccc(Cl)nc2)c1. The van der Waals surface area contributed by atoms with E-state index in [1.807, 2.05) is 0 Å². The van der Waals surface area contributed by atoms with Gasteiger partial charge in [-0.2, -0.15) is 0 Å². The van der Waals surface area contributed by atoms with Crippen molar-refractivity contribution in [2.75, 3.05) is 6.26 Å². The lowest BCUT2D eigenvalue weighted by molar-refractivity contribution is 0.305. The van der Waals surface area contributed by atoms with E-state index in [4.69, 9.17) is 16.3 Å². The fourth-order valence-corrected chi connectivity index (χ4v) is 2.22. The summed E-state index contributed by atoms with van der Waals surface area (Å²) in [6, 6.07) is 9.86. The first-order valence-electron chi connectivity index (χ1n) is 5.48. The maximum absolute atomic E-state index is 11.4. The summed E-state index contributed by atoms with van der Waals surface area (Å²) >= 11 is 5.68. The summed E-state index contributed by atoms with van der Waals surface area (Å²) in [4.78, 5) is 4.17. The van der Waals surface area contributed by atoms with Gasteiger partial charge in [-0.05, 0) is 24.3 Å². The van der Waals surface area contributed by atoms with Crippen LogP contribution in [-0.2, 0) is 16.4 Å². The predicted molar refractivity (Wildman–Crippen MR) is 73.1 cm³/mol. The summed E-state index contributed by atoms with van der Waals surface area (Å²) in [6.45, 7) is 0.303. The lowest BCUT2D eigenvalue weighted by Crippen LogP contribution is -1.99. The lowest BCUT2D eigenvalue weighted by Gasteiger charge is -2.07. The molecule has 0 aliphatic heterocycles. The maximum atomic E-state index is 11.4. The number of sulfone groups is 1. The van der Waals surface area contributed by atoms with Crippen molar-refractivity contribution in [3.63, 3.8) is 0 Å². The number of aromatic nitrogens is 1. The Morgan fingerprint density at radius 2 is 2.05 bits per heavy atom. The van der Waals surface area contributed by atoms with Gasteiger partial charge in [0.15, 0.2) is 9.84 Å². The molecule has 1 aromatic carbocycles. The van der Waals surface area contributed by atoms with Crippen molar-refractivity contribution < 1.29 is 13.2 Å². The highest BCUT2D eigenvalue weighted by Crippen LogP contribution is 2.18. The Bertz CT molecular complexity index is 669. The Hall–Kier alpha value is -1.59. The molecule has 6 heteroatoms. The molecule has 0 aliphatic carbocycles. The Balaban J connectivity index is 2.10. The second-order valence-electron chi connectivity index (χ2n) is 4.02. The van der Waals surface area contributed by atoms with Crippen LogP contribution >= 0.6 is 11.6 Å². The van der Waals surface area contributed by atoms with Gasteiger partial charge in [0.1, 0.15) is 17.5 Å². The third-order valence-corrected chi connectivity index (χ3v) is 3.76. The van der Waals surface area contributed by atoms with Gasteiger partial charge < -0.3 is 4.74 Å². The highest BCUT2D eigenvalue weighted by atomic mass is 35.5. The summed E-state index contributed by atoms with van der Waals surface area (Å²) in [6.07, 6.45) is 2.78. The second kappa shape index (κ2) is 5.59. The summed E-state index contributed by atoms with van der Waals surface area (Å²) in [5.41, 5.74) is 0.856. The molecule has 0 aliphatic rings. The number of hydrogen-bond donors (Lipinski definition) is 0. The summed E-state index contributed by atoms with van der Waals surface area (Å²) in [5.74, 6) is 0.498. The third-order valence-electron chi connectivity index (χ3n) is 2.43. The highest BCUT2D eigenvalue weighted by Gasteiger charge is 2.07. The van der Waals surface area contributed by atoms with Crippen LogP contribution < -0.4 is 4.74 Å². The standard InChI is InChI=1S/C13H12ClNO3S/c1-19(16,17)12-4-2-3-11(7-12)18-9-10-5-6-13(14)15-8-10/h2-8H,9H2,1H3. The van der Waals surface area contributed by atoms with E-state index in [1.165, 1.54) is 12.1 Å². The van der Waals surface area contributed by atoms with Crippen LogP contribution in [0.15, 0.2) is 47.5 Å². The second-order valence-corrected chi connectivity index (χ2v) is 6.43. The molecule has 1 heterocycles. The molecule has 0 radical (unpaired) electrons. The molecule has 0 N–H and O–H groups in total. The molecular formula is C13H12ClNO3S. The minimum atomic E-state index is -3.22. The molecule has 1 aromatic heterocycles. The van der Waals surface area contributed by atoms with Crippen LogP contribution in [0.3, 0.4) is 0 Å². The quantitative estimate of drug-likeness (QED) is 0.814. The van der Waals surface area contributed by atoms with Crippen LogP contribution in [-0.4, -0.2) is 19.7 Å². The first kappa shape index (κ1) is 13.8. The first-order chi connectivity index (χ1) is 8.95. The Kier molecular flexibility index (Phi) is 4.07. The fourth-order valence-electron chi connectivity index (χ4n) is 1.45.